The second kappa shape index (κ2) is 7.50. The van der Waals surface area contributed by atoms with Gasteiger partial charge < -0.3 is 14.6 Å². The first-order chi connectivity index (χ1) is 14.0. The molecule has 0 amide bonds. The quantitative estimate of drug-likeness (QED) is 0.673. The Bertz CT molecular complexity index is 706. The second-order valence-electron chi connectivity index (χ2n) is 11.3. The van der Waals surface area contributed by atoms with Gasteiger partial charge in [-0.3, -0.25) is 9.59 Å². The Labute approximate surface area is 181 Å². The van der Waals surface area contributed by atoms with Crippen molar-refractivity contribution in [2.24, 2.45) is 34.5 Å². The number of hydrogen-bond donors (Lipinski definition) is 1. The van der Waals surface area contributed by atoms with E-state index in [0.29, 0.717) is 29.1 Å². The third-order valence-electron chi connectivity index (χ3n) is 10.2. The third-order valence-corrected chi connectivity index (χ3v) is 10.2. The van der Waals surface area contributed by atoms with E-state index in [4.69, 9.17) is 9.47 Å². The van der Waals surface area contributed by atoms with E-state index in [1.165, 1.54) is 26.7 Å². The molecular weight excluding hydrogens is 380 g/mol. The van der Waals surface area contributed by atoms with E-state index in [1.54, 1.807) is 0 Å². The molecule has 9 atom stereocenters. The molecule has 0 radical (unpaired) electrons. The summed E-state index contributed by atoms with van der Waals surface area (Å²) in [6.45, 7) is 9.57. The molecule has 0 aromatic rings. The fourth-order valence-electron chi connectivity index (χ4n) is 8.63. The van der Waals surface area contributed by atoms with Crippen molar-refractivity contribution in [1.82, 2.24) is 0 Å². The highest BCUT2D eigenvalue weighted by atomic mass is 16.6. The molecule has 5 nitrogen and oxygen atoms in total. The topological polar surface area (TPSA) is 72.8 Å². The largest absolute Gasteiger partial charge is 0.463 e. The van der Waals surface area contributed by atoms with Gasteiger partial charge in [0.05, 0.1) is 0 Å². The summed E-state index contributed by atoms with van der Waals surface area (Å²) < 4.78 is 11.1. The summed E-state index contributed by atoms with van der Waals surface area (Å²) in [5, 5.41) is 11.7. The minimum Gasteiger partial charge on any atom is -0.463 e. The molecule has 4 rings (SSSR count). The number of ether oxygens (including phenoxy) is 2. The summed E-state index contributed by atoms with van der Waals surface area (Å²) in [6.07, 6.45) is 9.02. The third kappa shape index (κ3) is 3.22. The number of aliphatic hydroxyl groups is 1. The van der Waals surface area contributed by atoms with Crippen LogP contribution in [-0.4, -0.2) is 34.9 Å². The molecule has 0 aliphatic heterocycles. The van der Waals surface area contributed by atoms with Crippen molar-refractivity contribution in [2.45, 2.75) is 110 Å². The van der Waals surface area contributed by atoms with Gasteiger partial charge in [-0.1, -0.05) is 13.8 Å². The van der Waals surface area contributed by atoms with Crippen LogP contribution in [0.2, 0.25) is 0 Å². The predicted molar refractivity (Wildman–Crippen MR) is 113 cm³/mol. The Hall–Kier alpha value is -1.10. The van der Waals surface area contributed by atoms with Gasteiger partial charge in [0.15, 0.2) is 0 Å². The van der Waals surface area contributed by atoms with Gasteiger partial charge in [0.25, 0.3) is 0 Å². The summed E-state index contributed by atoms with van der Waals surface area (Å²) in [4.78, 5) is 23.0. The fraction of sp³-hybridized carbons (Fsp3) is 0.920. The molecule has 30 heavy (non-hydrogen) atoms. The molecule has 0 spiro atoms. The Kier molecular flexibility index (Phi) is 5.52. The van der Waals surface area contributed by atoms with Gasteiger partial charge in [0.1, 0.15) is 17.8 Å². The van der Waals surface area contributed by atoms with Crippen molar-refractivity contribution in [3.8, 4) is 0 Å². The molecule has 0 unspecified atom stereocenters. The van der Waals surface area contributed by atoms with E-state index in [2.05, 4.69) is 13.8 Å². The molecule has 4 aliphatic rings. The summed E-state index contributed by atoms with van der Waals surface area (Å²) in [7, 11) is 0. The smallest absolute Gasteiger partial charge is 0.302 e. The average Bonchev–Trinajstić information content (AvgIpc) is 2.93. The summed E-state index contributed by atoms with van der Waals surface area (Å²) in [6, 6.07) is 0. The first-order valence-electron chi connectivity index (χ1n) is 12.1. The molecule has 0 bridgehead atoms. The fourth-order valence-corrected chi connectivity index (χ4v) is 8.63. The molecule has 0 aromatic carbocycles. The van der Waals surface area contributed by atoms with Crippen molar-refractivity contribution in [1.29, 1.82) is 0 Å². The summed E-state index contributed by atoms with van der Waals surface area (Å²) in [5.74, 6) is 1.96. The van der Waals surface area contributed by atoms with E-state index < -0.39 is 11.7 Å². The van der Waals surface area contributed by atoms with Crippen molar-refractivity contribution in [3.05, 3.63) is 0 Å². The highest BCUT2D eigenvalue weighted by Gasteiger charge is 2.66. The molecule has 0 saturated heterocycles. The lowest BCUT2D eigenvalue weighted by Gasteiger charge is -2.62. The Morgan fingerprint density at radius 2 is 1.63 bits per heavy atom. The maximum atomic E-state index is 11.7. The molecule has 1 N–H and O–H groups in total. The zero-order valence-electron chi connectivity index (χ0n) is 19.4. The van der Waals surface area contributed by atoms with Gasteiger partial charge >= 0.3 is 11.9 Å². The lowest BCUT2D eigenvalue weighted by Crippen LogP contribution is -2.60. The zero-order valence-corrected chi connectivity index (χ0v) is 19.4. The van der Waals surface area contributed by atoms with E-state index in [0.717, 1.165) is 44.9 Å². The first kappa shape index (κ1) is 22.1. The molecule has 0 heterocycles. The van der Waals surface area contributed by atoms with Crippen LogP contribution in [0.4, 0.5) is 0 Å². The first-order valence-corrected chi connectivity index (χ1v) is 12.1. The standard InChI is InChI=1S/C25H40O5/c1-15(29-16(2)26)25(28)13-10-22-20-7-6-18-14-19(30-17(3)27)8-11-23(18,4)21(20)9-12-24(22,25)5/h15,18-22,28H,6-14H2,1-5H3/t15-,18-,19-,20-,21+,22-,23-,24-,25-/m0/s1. The molecule has 4 fully saturated rings. The van der Waals surface area contributed by atoms with Crippen molar-refractivity contribution in [2.75, 3.05) is 0 Å². The SMILES string of the molecule is CC(=O)O[C@H]1CC[C@@]2(C)[C@@H](CC[C@H]3[C@H]2CC[C@@]2(C)[C@H]3CC[C@]2(O)[C@H](C)OC(C)=O)C1. The number of carbonyl (C=O) groups excluding carboxylic acids is 2. The van der Waals surface area contributed by atoms with Gasteiger partial charge in [0.2, 0.25) is 0 Å². The van der Waals surface area contributed by atoms with Gasteiger partial charge in [-0.25, -0.2) is 0 Å². The van der Waals surface area contributed by atoms with Crippen molar-refractivity contribution in [3.63, 3.8) is 0 Å². The molecule has 0 aromatic heterocycles. The van der Waals surface area contributed by atoms with Crippen LogP contribution in [0.3, 0.4) is 0 Å². The van der Waals surface area contributed by atoms with Gasteiger partial charge in [0, 0.05) is 19.3 Å². The minimum atomic E-state index is -0.932. The van der Waals surface area contributed by atoms with Crippen LogP contribution >= 0.6 is 0 Å². The van der Waals surface area contributed by atoms with Crippen LogP contribution < -0.4 is 0 Å². The minimum absolute atomic E-state index is 0.0899. The number of fused-ring (bicyclic) bond motifs is 5. The molecule has 170 valence electrons. The highest BCUT2D eigenvalue weighted by molar-refractivity contribution is 5.66. The number of carbonyl (C=O) groups is 2. The lowest BCUT2D eigenvalue weighted by molar-refractivity contribution is -0.201. The maximum Gasteiger partial charge on any atom is 0.302 e. The lowest BCUT2D eigenvalue weighted by atomic mass is 9.44. The normalized spacial score (nSPS) is 48.7. The number of esters is 2. The van der Waals surface area contributed by atoms with Gasteiger partial charge in [-0.15, -0.1) is 0 Å². The van der Waals surface area contributed by atoms with Crippen LogP contribution in [-0.2, 0) is 19.1 Å². The zero-order chi connectivity index (χ0) is 21.9. The maximum absolute atomic E-state index is 11.7. The Balaban J connectivity index is 1.54. The van der Waals surface area contributed by atoms with E-state index in [1.807, 2.05) is 6.92 Å². The monoisotopic (exact) mass is 420 g/mol. The van der Waals surface area contributed by atoms with Crippen LogP contribution in [0, 0.1) is 34.5 Å². The van der Waals surface area contributed by atoms with Crippen molar-refractivity contribution >= 4 is 11.9 Å². The second-order valence-corrected chi connectivity index (χ2v) is 11.3. The van der Waals surface area contributed by atoms with Crippen LogP contribution in [0.15, 0.2) is 0 Å². The van der Waals surface area contributed by atoms with Crippen LogP contribution in [0.25, 0.3) is 0 Å². The highest BCUT2D eigenvalue weighted by Crippen LogP contribution is 2.68. The average molecular weight is 421 g/mol. The van der Waals surface area contributed by atoms with Gasteiger partial charge in [-0.05, 0) is 93.8 Å². The molecule has 4 saturated carbocycles. The molecule has 5 heteroatoms. The van der Waals surface area contributed by atoms with E-state index >= 15 is 0 Å². The van der Waals surface area contributed by atoms with Crippen molar-refractivity contribution < 1.29 is 24.2 Å². The Morgan fingerprint density at radius 3 is 2.30 bits per heavy atom. The predicted octanol–water partition coefficient (Wildman–Crippen LogP) is 4.64. The Morgan fingerprint density at radius 1 is 0.933 bits per heavy atom. The van der Waals surface area contributed by atoms with E-state index in [-0.39, 0.29) is 23.5 Å². The molecular formula is C25H40O5. The summed E-state index contributed by atoms with van der Waals surface area (Å²) >= 11 is 0. The number of hydrogen-bond acceptors (Lipinski definition) is 5. The summed E-state index contributed by atoms with van der Waals surface area (Å²) in [5.41, 5.74) is -0.816. The van der Waals surface area contributed by atoms with E-state index in [9.17, 15) is 14.7 Å². The van der Waals surface area contributed by atoms with Crippen LogP contribution in [0.1, 0.15) is 92.4 Å². The number of rotatable bonds is 3. The molecule has 4 aliphatic carbocycles. The van der Waals surface area contributed by atoms with Gasteiger partial charge in [-0.2, -0.15) is 0 Å². The van der Waals surface area contributed by atoms with Crippen LogP contribution in [0.5, 0.6) is 0 Å².